The van der Waals surface area contributed by atoms with E-state index >= 15 is 0 Å². The zero-order valence-corrected chi connectivity index (χ0v) is 13.9. The third-order valence-corrected chi connectivity index (χ3v) is 4.25. The Kier molecular flexibility index (Phi) is 8.52. The maximum atomic E-state index is 9.77. The van der Waals surface area contributed by atoms with Crippen LogP contribution in [0.3, 0.4) is 0 Å². The van der Waals surface area contributed by atoms with Crippen LogP contribution in [0.2, 0.25) is 0 Å². The Bertz CT molecular complexity index is 440. The highest BCUT2D eigenvalue weighted by molar-refractivity contribution is 5.83. The number of aliphatic hydroxyl groups excluding tert-OH is 2. The lowest BCUT2D eigenvalue weighted by Crippen LogP contribution is -2.42. The second kappa shape index (κ2) is 9.09. The van der Waals surface area contributed by atoms with Crippen molar-refractivity contribution >= 4 is 11.9 Å². The maximum absolute atomic E-state index is 9.77. The fourth-order valence-electron chi connectivity index (χ4n) is 2.65. The Hall–Kier alpha value is -1.52. The van der Waals surface area contributed by atoms with Crippen LogP contribution in [0.25, 0.3) is 0 Å². The van der Waals surface area contributed by atoms with Gasteiger partial charge in [0.05, 0.1) is 11.7 Å². The summed E-state index contributed by atoms with van der Waals surface area (Å²) in [5.74, 6) is -3.54. The number of hydrogen-bond acceptors (Lipinski definition) is 6. The first-order chi connectivity index (χ1) is 10.6. The number of nitrogens with zero attached hydrogens (tertiary/aromatic N) is 1. The van der Waals surface area contributed by atoms with Crippen LogP contribution in [-0.4, -0.2) is 86.8 Å². The fraction of sp³-hybridized carbons (Fsp3) is 0.733. The average Bonchev–Trinajstić information content (AvgIpc) is 2.76. The van der Waals surface area contributed by atoms with Gasteiger partial charge in [0.25, 0.3) is 0 Å². The van der Waals surface area contributed by atoms with Gasteiger partial charge in [-0.2, -0.15) is 0 Å². The molecule has 0 saturated carbocycles. The highest BCUT2D eigenvalue weighted by Crippen LogP contribution is 2.40. The van der Waals surface area contributed by atoms with Crippen molar-refractivity contribution in [2.24, 2.45) is 0 Å². The van der Waals surface area contributed by atoms with Gasteiger partial charge in [0, 0.05) is 13.1 Å². The summed E-state index contributed by atoms with van der Waals surface area (Å²) in [6.07, 6.45) is -0.819. The van der Waals surface area contributed by atoms with Crippen LogP contribution in [0.15, 0.2) is 12.2 Å². The zero-order valence-electron chi connectivity index (χ0n) is 13.9. The first kappa shape index (κ1) is 22.5. The Morgan fingerprint density at radius 3 is 1.92 bits per heavy atom. The van der Waals surface area contributed by atoms with E-state index in [1.54, 1.807) is 0 Å². The summed E-state index contributed by atoms with van der Waals surface area (Å²) in [5.41, 5.74) is 1.44. The van der Waals surface area contributed by atoms with Crippen molar-refractivity contribution < 1.29 is 40.2 Å². The van der Waals surface area contributed by atoms with E-state index in [1.807, 2.05) is 0 Å². The Labute approximate surface area is 140 Å². The molecule has 0 amide bonds. The van der Waals surface area contributed by atoms with Crippen molar-refractivity contribution in [2.75, 3.05) is 20.1 Å². The lowest BCUT2D eigenvalue weighted by atomic mass is 9.87. The normalized spacial score (nSPS) is 25.2. The quantitative estimate of drug-likeness (QED) is 0.466. The fourth-order valence-corrected chi connectivity index (χ4v) is 2.65. The molecule has 9 nitrogen and oxygen atoms in total. The molecule has 2 aliphatic heterocycles. The highest BCUT2D eigenvalue weighted by atomic mass is 16.5. The Morgan fingerprint density at radius 1 is 1.21 bits per heavy atom. The molecule has 0 aromatic rings. The molecule has 0 unspecified atom stereocenters. The number of hydrogen-bond donors (Lipinski definition) is 4. The van der Waals surface area contributed by atoms with E-state index < -0.39 is 24.1 Å². The van der Waals surface area contributed by atoms with Crippen LogP contribution in [-0.2, 0) is 14.3 Å². The van der Waals surface area contributed by atoms with E-state index in [2.05, 4.69) is 25.5 Å². The molecule has 2 rings (SSSR count). The molecular formula is C15H27NO8. The number of likely N-dealkylation sites (tertiary alicyclic amines) is 1. The molecule has 2 fully saturated rings. The van der Waals surface area contributed by atoms with Gasteiger partial charge in [-0.05, 0) is 38.8 Å². The molecule has 0 aromatic carbocycles. The number of aliphatic carboxylic acids is 2. The lowest BCUT2D eigenvalue weighted by molar-refractivity contribution is -0.165. The van der Waals surface area contributed by atoms with Crippen LogP contribution >= 0.6 is 0 Å². The minimum Gasteiger partial charge on any atom is -0.479 e. The number of rotatable bonds is 3. The summed E-state index contributed by atoms with van der Waals surface area (Å²) < 4.78 is 6.02. The molecular weight excluding hydrogens is 322 g/mol. The van der Waals surface area contributed by atoms with Gasteiger partial charge in [-0.25, -0.2) is 9.59 Å². The van der Waals surface area contributed by atoms with Crippen molar-refractivity contribution in [3.05, 3.63) is 12.2 Å². The standard InChI is InChI=1S/C11H19NO.C4H6O6.H2O/c1-9-8-11(13-10(9)2)4-6-12(3)7-5-11;5-1(3(7)8)2(6)4(9)10;/h10H,1,4-8H2,2-3H3;1-2,5-6H,(H,7,8)(H,9,10);1H2/t10-;1-,2-;/m01./s1. The van der Waals surface area contributed by atoms with E-state index in [1.165, 1.54) is 31.5 Å². The monoisotopic (exact) mass is 349 g/mol. The van der Waals surface area contributed by atoms with E-state index in [0.29, 0.717) is 0 Å². The number of carboxylic acid groups (broad SMARTS) is 2. The zero-order chi connectivity index (χ0) is 17.8. The van der Waals surface area contributed by atoms with Crippen molar-refractivity contribution in [2.45, 2.75) is 50.1 Å². The average molecular weight is 349 g/mol. The highest BCUT2D eigenvalue weighted by Gasteiger charge is 2.42. The molecule has 6 N–H and O–H groups in total. The Morgan fingerprint density at radius 2 is 1.62 bits per heavy atom. The second-order valence-corrected chi connectivity index (χ2v) is 6.15. The van der Waals surface area contributed by atoms with E-state index in [-0.39, 0.29) is 17.2 Å². The van der Waals surface area contributed by atoms with E-state index in [0.717, 1.165) is 6.42 Å². The summed E-state index contributed by atoms with van der Waals surface area (Å²) in [7, 11) is 2.18. The minimum atomic E-state index is -2.27. The van der Waals surface area contributed by atoms with Gasteiger partial charge in [0.2, 0.25) is 0 Å². The molecule has 3 atom stereocenters. The summed E-state index contributed by atoms with van der Waals surface area (Å²) in [6, 6.07) is 0. The van der Waals surface area contributed by atoms with Crippen LogP contribution in [0.1, 0.15) is 26.2 Å². The molecule has 2 heterocycles. The first-order valence-electron chi connectivity index (χ1n) is 7.44. The van der Waals surface area contributed by atoms with Crippen molar-refractivity contribution in [3.63, 3.8) is 0 Å². The molecule has 0 radical (unpaired) electrons. The molecule has 0 aromatic heterocycles. The van der Waals surface area contributed by atoms with E-state index in [4.69, 9.17) is 25.2 Å². The molecule has 24 heavy (non-hydrogen) atoms. The van der Waals surface area contributed by atoms with Crippen LogP contribution in [0.5, 0.6) is 0 Å². The van der Waals surface area contributed by atoms with Gasteiger partial charge in [0.15, 0.2) is 12.2 Å². The van der Waals surface area contributed by atoms with Gasteiger partial charge >= 0.3 is 11.9 Å². The minimum absolute atomic E-state index is 0. The number of aliphatic hydroxyl groups is 2. The Balaban J connectivity index is 0.000000441. The predicted octanol–water partition coefficient (Wildman–Crippen LogP) is -1.13. The SMILES string of the molecule is C=C1CC2(CCN(C)CC2)O[C@H]1C.O.O=C(O)[C@H](O)[C@@H](O)C(=O)O. The molecule has 0 aliphatic carbocycles. The van der Waals surface area contributed by atoms with Crippen molar-refractivity contribution in [1.29, 1.82) is 0 Å². The van der Waals surface area contributed by atoms with Gasteiger partial charge in [-0.15, -0.1) is 0 Å². The number of ether oxygens (including phenoxy) is 1. The van der Waals surface area contributed by atoms with Crippen LogP contribution < -0.4 is 0 Å². The van der Waals surface area contributed by atoms with Crippen LogP contribution in [0.4, 0.5) is 0 Å². The maximum Gasteiger partial charge on any atom is 0.335 e. The first-order valence-corrected chi connectivity index (χ1v) is 7.44. The molecule has 9 heteroatoms. The predicted molar refractivity (Wildman–Crippen MR) is 84.7 cm³/mol. The lowest BCUT2D eigenvalue weighted by Gasteiger charge is -2.37. The molecule has 0 bridgehead atoms. The van der Waals surface area contributed by atoms with Crippen LogP contribution in [0, 0.1) is 0 Å². The largest absolute Gasteiger partial charge is 0.479 e. The molecule has 2 saturated heterocycles. The third-order valence-electron chi connectivity index (χ3n) is 4.25. The number of carboxylic acids is 2. The summed E-state index contributed by atoms with van der Waals surface area (Å²) in [4.78, 5) is 21.9. The van der Waals surface area contributed by atoms with Gasteiger partial charge in [0.1, 0.15) is 0 Å². The smallest absolute Gasteiger partial charge is 0.335 e. The summed E-state index contributed by atoms with van der Waals surface area (Å²) in [5, 5.41) is 32.5. The molecule has 140 valence electrons. The summed E-state index contributed by atoms with van der Waals surface area (Å²) in [6.45, 7) is 8.52. The third kappa shape index (κ3) is 5.84. The van der Waals surface area contributed by atoms with Gasteiger partial charge in [-0.3, -0.25) is 0 Å². The molecule has 1 spiro atoms. The number of piperidine rings is 1. The second-order valence-electron chi connectivity index (χ2n) is 6.15. The van der Waals surface area contributed by atoms with Gasteiger partial charge < -0.3 is 35.5 Å². The molecule has 2 aliphatic rings. The van der Waals surface area contributed by atoms with Crippen molar-refractivity contribution in [1.82, 2.24) is 4.90 Å². The van der Waals surface area contributed by atoms with Gasteiger partial charge in [-0.1, -0.05) is 6.58 Å². The topological polar surface area (TPSA) is 159 Å². The van der Waals surface area contributed by atoms with E-state index in [9.17, 15) is 9.59 Å². The number of carbonyl (C=O) groups is 2. The summed E-state index contributed by atoms with van der Waals surface area (Å²) >= 11 is 0. The van der Waals surface area contributed by atoms with Crippen molar-refractivity contribution in [3.8, 4) is 0 Å².